The van der Waals surface area contributed by atoms with Gasteiger partial charge >= 0.3 is 12.1 Å². The lowest BCUT2D eigenvalue weighted by atomic mass is 10.2. The number of halogens is 2. The van der Waals surface area contributed by atoms with E-state index in [0.717, 1.165) is 35.5 Å². The Labute approximate surface area is 210 Å². The van der Waals surface area contributed by atoms with Crippen LogP contribution in [0.25, 0.3) is 0 Å². The molecule has 0 saturated carbocycles. The second-order valence-electron chi connectivity index (χ2n) is 6.30. The third-order valence-corrected chi connectivity index (χ3v) is 10.8. The number of urea groups is 2. The van der Waals surface area contributed by atoms with Crippen molar-refractivity contribution in [2.45, 2.75) is 34.1 Å². The Morgan fingerprint density at radius 1 is 0.719 bits per heavy atom. The van der Waals surface area contributed by atoms with Crippen LogP contribution in [-0.4, -0.2) is 42.0 Å². The first-order chi connectivity index (χ1) is 15.0. The highest BCUT2D eigenvalue weighted by Gasteiger charge is 2.20. The summed E-state index contributed by atoms with van der Waals surface area (Å²) in [6, 6.07) is 1.22. The molecule has 2 aromatic rings. The zero-order chi connectivity index (χ0) is 23.8. The molecule has 2 rings (SSSR count). The minimum atomic E-state index is -3.90. The van der Waals surface area contributed by atoms with Crippen molar-refractivity contribution in [1.82, 2.24) is 20.1 Å². The van der Waals surface area contributed by atoms with Gasteiger partial charge in [0.2, 0.25) is 0 Å². The van der Waals surface area contributed by atoms with Crippen LogP contribution in [0.3, 0.4) is 0 Å². The summed E-state index contributed by atoms with van der Waals surface area (Å²) >= 11 is 8.32. The van der Waals surface area contributed by atoms with Crippen LogP contribution in [0, 0.1) is 0 Å². The van der Waals surface area contributed by atoms with Crippen LogP contribution in [0.5, 0.6) is 0 Å². The number of hydrogen-bond acceptors (Lipinski definition) is 8. The van der Waals surface area contributed by atoms with Gasteiger partial charge in [-0.3, -0.25) is 0 Å². The highest BCUT2D eigenvalue weighted by molar-refractivity contribution is 9.10. The topological polar surface area (TPSA) is 151 Å². The van der Waals surface area contributed by atoms with Gasteiger partial charge in [0.15, 0.2) is 0 Å². The molecule has 0 aliphatic carbocycles. The summed E-state index contributed by atoms with van der Waals surface area (Å²) in [6.45, 7) is 0.579. The fourth-order valence-electron chi connectivity index (χ4n) is 2.30. The molecule has 0 bridgehead atoms. The highest BCUT2D eigenvalue weighted by Crippen LogP contribution is 2.24. The zero-order valence-electron chi connectivity index (χ0n) is 16.4. The maximum atomic E-state index is 12.0. The Hall–Kier alpha value is -1.20. The number of hydrogen-bond donors (Lipinski definition) is 4. The van der Waals surface area contributed by atoms with Crippen LogP contribution < -0.4 is 20.1 Å². The predicted molar refractivity (Wildman–Crippen MR) is 130 cm³/mol. The van der Waals surface area contributed by atoms with Crippen LogP contribution in [0.4, 0.5) is 9.59 Å². The number of carbonyl (C=O) groups is 2. The van der Waals surface area contributed by atoms with E-state index in [-0.39, 0.29) is 21.5 Å². The average molecular weight is 652 g/mol. The van der Waals surface area contributed by atoms with Crippen molar-refractivity contribution in [3.8, 4) is 0 Å². The summed E-state index contributed by atoms with van der Waals surface area (Å²) in [6.07, 6.45) is 2.70. The predicted octanol–water partition coefficient (Wildman–Crippen LogP) is 3.57. The third kappa shape index (κ3) is 8.97. The molecule has 0 aliphatic rings. The average Bonchev–Trinajstić information content (AvgIpc) is 3.32. The van der Waals surface area contributed by atoms with Gasteiger partial charge in [-0.2, -0.15) is 0 Å². The van der Waals surface area contributed by atoms with Crippen LogP contribution in [0.15, 0.2) is 40.3 Å². The Morgan fingerprint density at radius 2 is 1.09 bits per heavy atom. The highest BCUT2D eigenvalue weighted by atomic mass is 79.9. The third-order valence-electron chi connectivity index (χ3n) is 3.75. The number of amides is 4. The van der Waals surface area contributed by atoms with Crippen LogP contribution >= 0.6 is 54.5 Å². The van der Waals surface area contributed by atoms with Crippen molar-refractivity contribution in [3.63, 3.8) is 0 Å². The SMILES string of the molecule is O=C(NCCCCCCNC(=O)NS(=O)(=O)c1cc(Br)cs1)NS(=O)(=O)c1cc(Br)cs1. The minimum Gasteiger partial charge on any atom is -0.337 e. The fourth-order valence-corrected chi connectivity index (χ4v) is 7.85. The van der Waals surface area contributed by atoms with E-state index < -0.39 is 32.1 Å². The number of unbranched alkanes of at least 4 members (excludes halogenated alkanes) is 3. The number of nitrogens with one attached hydrogen (secondary N) is 4. The van der Waals surface area contributed by atoms with Gasteiger partial charge in [-0.15, -0.1) is 22.7 Å². The molecule has 4 N–H and O–H groups in total. The molecule has 2 aromatic heterocycles. The van der Waals surface area contributed by atoms with E-state index in [0.29, 0.717) is 21.8 Å². The van der Waals surface area contributed by atoms with Crippen LogP contribution in [0.1, 0.15) is 25.7 Å². The van der Waals surface area contributed by atoms with Crippen LogP contribution in [0.2, 0.25) is 0 Å². The van der Waals surface area contributed by atoms with Crippen LogP contribution in [-0.2, 0) is 20.0 Å². The summed E-state index contributed by atoms with van der Waals surface area (Å²) < 4.78 is 53.3. The summed E-state index contributed by atoms with van der Waals surface area (Å²) in [5.41, 5.74) is 0. The molecule has 0 spiro atoms. The van der Waals surface area contributed by atoms with E-state index >= 15 is 0 Å². The van der Waals surface area contributed by atoms with Gasteiger partial charge in [0.25, 0.3) is 20.0 Å². The Bertz CT molecular complexity index is 1060. The molecule has 0 atom stereocenters. The summed E-state index contributed by atoms with van der Waals surface area (Å²) in [7, 11) is -7.79. The molecule has 0 saturated heterocycles. The van der Waals surface area contributed by atoms with Crippen molar-refractivity contribution < 1.29 is 26.4 Å². The minimum absolute atomic E-state index is 0.0344. The first kappa shape index (κ1) is 27.0. The molecule has 0 aromatic carbocycles. The second kappa shape index (κ2) is 12.3. The second-order valence-corrected chi connectivity index (χ2v) is 13.8. The summed E-state index contributed by atoms with van der Waals surface area (Å²) in [5, 5.41) is 8.17. The van der Waals surface area contributed by atoms with Gasteiger partial charge in [0.1, 0.15) is 8.42 Å². The summed E-state index contributed by atoms with van der Waals surface area (Å²) in [5.74, 6) is 0. The van der Waals surface area contributed by atoms with E-state index in [9.17, 15) is 26.4 Å². The first-order valence-electron chi connectivity index (χ1n) is 9.09. The van der Waals surface area contributed by atoms with Gasteiger partial charge in [-0.25, -0.2) is 35.9 Å². The quantitative estimate of drug-likeness (QED) is 0.273. The zero-order valence-corrected chi connectivity index (χ0v) is 22.8. The number of sulfonamides is 2. The molecule has 0 radical (unpaired) electrons. The molecule has 16 heteroatoms. The molecule has 2 heterocycles. The van der Waals surface area contributed by atoms with Crippen molar-refractivity contribution >= 4 is 86.6 Å². The van der Waals surface area contributed by atoms with Crippen molar-refractivity contribution in [2.75, 3.05) is 13.1 Å². The molecule has 32 heavy (non-hydrogen) atoms. The normalized spacial score (nSPS) is 11.7. The number of thiophene rings is 2. The van der Waals surface area contributed by atoms with Gasteiger partial charge in [-0.1, -0.05) is 12.8 Å². The molecule has 0 aliphatic heterocycles. The molecule has 4 amide bonds. The number of rotatable bonds is 11. The lowest BCUT2D eigenvalue weighted by Gasteiger charge is -2.08. The fraction of sp³-hybridized carbons (Fsp3) is 0.375. The monoisotopic (exact) mass is 650 g/mol. The van der Waals surface area contributed by atoms with Gasteiger partial charge < -0.3 is 10.6 Å². The lowest BCUT2D eigenvalue weighted by Crippen LogP contribution is -2.39. The maximum Gasteiger partial charge on any atom is 0.328 e. The Morgan fingerprint density at radius 3 is 1.41 bits per heavy atom. The first-order valence-corrected chi connectivity index (χ1v) is 15.4. The van der Waals surface area contributed by atoms with E-state index in [1.54, 1.807) is 10.8 Å². The van der Waals surface area contributed by atoms with Crippen molar-refractivity contribution in [1.29, 1.82) is 0 Å². The molecule has 178 valence electrons. The molecule has 0 fully saturated rings. The largest absolute Gasteiger partial charge is 0.337 e. The molecule has 10 nitrogen and oxygen atoms in total. The maximum absolute atomic E-state index is 12.0. The lowest BCUT2D eigenvalue weighted by molar-refractivity contribution is 0.244. The van der Waals surface area contributed by atoms with Gasteiger partial charge in [-0.05, 0) is 56.8 Å². The van der Waals surface area contributed by atoms with E-state index in [2.05, 4.69) is 42.5 Å². The Kier molecular flexibility index (Phi) is 10.4. The van der Waals surface area contributed by atoms with Crippen molar-refractivity contribution in [3.05, 3.63) is 31.8 Å². The van der Waals surface area contributed by atoms with E-state index in [1.807, 2.05) is 9.44 Å². The number of carbonyl (C=O) groups excluding carboxylic acids is 2. The van der Waals surface area contributed by atoms with E-state index in [4.69, 9.17) is 0 Å². The van der Waals surface area contributed by atoms with E-state index in [1.165, 1.54) is 12.1 Å². The standard InChI is InChI=1S/C16H20Br2N4O6S4/c17-11-7-13(29-9-11)31(25,26)21-15(23)19-5-3-1-2-4-6-20-16(24)22-32(27,28)14-8-12(18)10-30-14/h7-10H,1-6H2,(H2,19,21,23)(H2,20,22,24). The molecular weight excluding hydrogens is 632 g/mol. The van der Waals surface area contributed by atoms with Gasteiger partial charge in [0.05, 0.1) is 0 Å². The molecule has 0 unspecified atom stereocenters. The Balaban J connectivity index is 1.55. The van der Waals surface area contributed by atoms with Crippen molar-refractivity contribution in [2.24, 2.45) is 0 Å². The van der Waals surface area contributed by atoms with Gasteiger partial charge in [0, 0.05) is 32.8 Å². The molecular formula is C16H20Br2N4O6S4. The smallest absolute Gasteiger partial charge is 0.328 e. The summed E-state index contributed by atoms with van der Waals surface area (Å²) in [4.78, 5) is 23.5.